The average molecular weight is 486 g/mol. The zero-order valence-corrected chi connectivity index (χ0v) is 18.4. The number of carbonyl (C=O) groups is 2. The summed E-state index contributed by atoms with van der Waals surface area (Å²) >= 11 is 0. The minimum absolute atomic E-state index is 0.000411. The number of amides is 2. The van der Waals surface area contributed by atoms with E-state index in [1.54, 1.807) is 23.1 Å². The van der Waals surface area contributed by atoms with Crippen molar-refractivity contribution in [2.75, 3.05) is 19.6 Å². The van der Waals surface area contributed by atoms with Gasteiger partial charge >= 0.3 is 12.4 Å². The van der Waals surface area contributed by atoms with Gasteiger partial charge in [-0.2, -0.15) is 26.3 Å². The molecule has 0 aliphatic carbocycles. The predicted molar refractivity (Wildman–Crippen MR) is 113 cm³/mol. The number of halogens is 6. The third-order valence-electron chi connectivity index (χ3n) is 5.71. The van der Waals surface area contributed by atoms with Crippen molar-refractivity contribution in [2.45, 2.75) is 44.6 Å². The van der Waals surface area contributed by atoms with Crippen LogP contribution in [-0.4, -0.2) is 47.3 Å². The van der Waals surface area contributed by atoms with E-state index in [9.17, 15) is 35.9 Å². The van der Waals surface area contributed by atoms with Crippen LogP contribution in [0, 0.1) is 0 Å². The number of carbonyl (C=O) groups excluding carboxylic acids is 2. The molecule has 1 aliphatic heterocycles. The van der Waals surface area contributed by atoms with E-state index in [2.05, 4.69) is 0 Å². The summed E-state index contributed by atoms with van der Waals surface area (Å²) in [6, 6.07) is 9.28. The van der Waals surface area contributed by atoms with Gasteiger partial charge in [-0.1, -0.05) is 37.3 Å². The van der Waals surface area contributed by atoms with Crippen molar-refractivity contribution < 1.29 is 35.9 Å². The summed E-state index contributed by atoms with van der Waals surface area (Å²) in [5, 5.41) is 0. The molecular weight excluding hydrogens is 462 g/mol. The van der Waals surface area contributed by atoms with Crippen molar-refractivity contribution in [3.63, 3.8) is 0 Å². The summed E-state index contributed by atoms with van der Waals surface area (Å²) in [4.78, 5) is 28.5. The highest BCUT2D eigenvalue weighted by Crippen LogP contribution is 2.36. The van der Waals surface area contributed by atoms with Crippen LogP contribution in [0.15, 0.2) is 48.5 Å². The van der Waals surface area contributed by atoms with Crippen molar-refractivity contribution in [1.82, 2.24) is 9.80 Å². The topological polar surface area (TPSA) is 40.6 Å². The largest absolute Gasteiger partial charge is 0.416 e. The van der Waals surface area contributed by atoms with Crippen molar-refractivity contribution >= 4 is 11.8 Å². The number of piperazine rings is 1. The van der Waals surface area contributed by atoms with Gasteiger partial charge in [-0.3, -0.25) is 9.59 Å². The number of rotatable bonds is 5. The second kappa shape index (κ2) is 10.1. The molecule has 1 fully saturated rings. The van der Waals surface area contributed by atoms with E-state index < -0.39 is 41.0 Å². The maximum absolute atomic E-state index is 13.3. The molecule has 0 radical (unpaired) electrons. The maximum atomic E-state index is 13.3. The Kier molecular flexibility index (Phi) is 7.57. The van der Waals surface area contributed by atoms with Crippen LogP contribution in [0.25, 0.3) is 0 Å². The lowest BCUT2D eigenvalue weighted by Crippen LogP contribution is -2.57. The van der Waals surface area contributed by atoms with E-state index in [1.807, 2.05) is 19.1 Å². The van der Waals surface area contributed by atoms with Crippen molar-refractivity contribution in [1.29, 1.82) is 0 Å². The Morgan fingerprint density at radius 2 is 1.50 bits per heavy atom. The molecule has 3 rings (SSSR count). The molecule has 0 bridgehead atoms. The second-order valence-electron chi connectivity index (χ2n) is 8.23. The molecule has 2 amide bonds. The molecule has 1 aliphatic rings. The Hall–Kier alpha value is -3.04. The third-order valence-corrected chi connectivity index (χ3v) is 5.71. The van der Waals surface area contributed by atoms with Gasteiger partial charge in [0.25, 0.3) is 5.91 Å². The molecule has 0 N–H and O–H groups in total. The van der Waals surface area contributed by atoms with Crippen LogP contribution < -0.4 is 0 Å². The van der Waals surface area contributed by atoms with Crippen LogP contribution in [0.1, 0.15) is 46.8 Å². The fourth-order valence-corrected chi connectivity index (χ4v) is 4.03. The fourth-order valence-electron chi connectivity index (χ4n) is 4.03. The van der Waals surface area contributed by atoms with Gasteiger partial charge < -0.3 is 9.80 Å². The minimum atomic E-state index is -5.05. The lowest BCUT2D eigenvalue weighted by molar-refractivity contribution is -0.143. The first-order valence-corrected chi connectivity index (χ1v) is 10.8. The van der Waals surface area contributed by atoms with Crippen molar-refractivity contribution in [3.05, 3.63) is 70.8 Å². The second-order valence-corrected chi connectivity index (χ2v) is 8.23. The van der Waals surface area contributed by atoms with E-state index in [-0.39, 0.29) is 31.6 Å². The lowest BCUT2D eigenvalue weighted by Gasteiger charge is -2.42. The molecular formula is C24H24F6N2O2. The van der Waals surface area contributed by atoms with Gasteiger partial charge in [-0.15, -0.1) is 0 Å². The lowest BCUT2D eigenvalue weighted by atomic mass is 9.99. The number of nitrogens with zero attached hydrogens (tertiary/aromatic N) is 2. The highest BCUT2D eigenvalue weighted by atomic mass is 19.4. The van der Waals surface area contributed by atoms with Gasteiger partial charge in [-0.05, 0) is 36.6 Å². The van der Waals surface area contributed by atoms with E-state index in [0.717, 1.165) is 5.56 Å². The number of hydrogen-bond acceptors (Lipinski definition) is 2. The van der Waals surface area contributed by atoms with Crippen LogP contribution in [0.4, 0.5) is 26.3 Å². The standard InChI is InChI=1S/C24H24F6N2O2/c1-2-6-21(33)31-9-10-32(20(15-31)11-16-7-4-3-5-8-16)22(34)17-12-18(23(25,26)27)14-19(13-17)24(28,29)30/h3-5,7-8,12-14,20H,2,6,9-11,15H2,1H3/t20-/m1/s1. The summed E-state index contributed by atoms with van der Waals surface area (Å²) in [5.41, 5.74) is -2.94. The molecule has 0 saturated carbocycles. The van der Waals surface area contributed by atoms with Gasteiger partial charge in [0.05, 0.1) is 17.2 Å². The summed E-state index contributed by atoms with van der Waals surface area (Å²) in [5.74, 6) is -1.04. The molecule has 0 spiro atoms. The van der Waals surface area contributed by atoms with Gasteiger partial charge in [-0.25, -0.2) is 0 Å². The normalized spacial score (nSPS) is 17.1. The SMILES string of the molecule is CCCC(=O)N1CCN(C(=O)c2cc(C(F)(F)F)cc(C(F)(F)F)c2)[C@H](Cc2ccccc2)C1. The number of benzene rings is 2. The van der Waals surface area contributed by atoms with E-state index >= 15 is 0 Å². The molecule has 1 heterocycles. The van der Waals surface area contributed by atoms with Crippen LogP contribution >= 0.6 is 0 Å². The van der Waals surface area contributed by atoms with Gasteiger partial charge in [0.1, 0.15) is 0 Å². The quantitative estimate of drug-likeness (QED) is 0.530. The van der Waals surface area contributed by atoms with Crippen LogP contribution in [0.3, 0.4) is 0 Å². The molecule has 4 nitrogen and oxygen atoms in total. The summed E-state index contributed by atoms with van der Waals surface area (Å²) in [6.45, 7) is 2.15. The summed E-state index contributed by atoms with van der Waals surface area (Å²) in [7, 11) is 0. The summed E-state index contributed by atoms with van der Waals surface area (Å²) < 4.78 is 79.7. The third kappa shape index (κ3) is 6.09. The molecule has 2 aromatic rings. The molecule has 184 valence electrons. The summed E-state index contributed by atoms with van der Waals surface area (Å²) in [6.07, 6.45) is -8.86. The fraction of sp³-hybridized carbons (Fsp3) is 0.417. The zero-order valence-electron chi connectivity index (χ0n) is 18.4. The first kappa shape index (κ1) is 25.6. The van der Waals surface area contributed by atoms with Crippen LogP contribution in [0.5, 0.6) is 0 Å². The first-order valence-electron chi connectivity index (χ1n) is 10.8. The number of alkyl halides is 6. The smallest absolute Gasteiger partial charge is 0.339 e. The monoisotopic (exact) mass is 486 g/mol. The van der Waals surface area contributed by atoms with E-state index in [1.165, 1.54) is 4.90 Å². The van der Waals surface area contributed by atoms with Crippen molar-refractivity contribution in [2.24, 2.45) is 0 Å². The minimum Gasteiger partial charge on any atom is -0.339 e. The Morgan fingerprint density at radius 3 is 2.03 bits per heavy atom. The Morgan fingerprint density at radius 1 is 0.912 bits per heavy atom. The first-order chi connectivity index (χ1) is 15.9. The van der Waals surface area contributed by atoms with Gasteiger partial charge in [0.2, 0.25) is 5.91 Å². The molecule has 34 heavy (non-hydrogen) atoms. The number of hydrogen-bond donors (Lipinski definition) is 0. The Labute approximate surface area is 193 Å². The van der Waals surface area contributed by atoms with Crippen molar-refractivity contribution in [3.8, 4) is 0 Å². The Balaban J connectivity index is 1.97. The van der Waals surface area contributed by atoms with Gasteiger partial charge in [0.15, 0.2) is 0 Å². The van der Waals surface area contributed by atoms with E-state index in [4.69, 9.17) is 0 Å². The molecule has 0 aromatic heterocycles. The maximum Gasteiger partial charge on any atom is 0.416 e. The molecule has 2 aromatic carbocycles. The molecule has 1 saturated heterocycles. The van der Waals surface area contributed by atoms with Crippen LogP contribution in [-0.2, 0) is 23.6 Å². The van der Waals surface area contributed by atoms with Gasteiger partial charge in [0, 0.05) is 31.6 Å². The zero-order chi connectivity index (χ0) is 25.1. The Bertz CT molecular complexity index is 988. The highest BCUT2D eigenvalue weighted by Gasteiger charge is 2.39. The molecule has 0 unspecified atom stereocenters. The predicted octanol–water partition coefficient (Wildman–Crippen LogP) is 5.42. The van der Waals surface area contributed by atoms with Crippen LogP contribution in [0.2, 0.25) is 0 Å². The van der Waals surface area contributed by atoms with E-state index in [0.29, 0.717) is 31.4 Å². The highest BCUT2D eigenvalue weighted by molar-refractivity contribution is 5.95. The average Bonchev–Trinajstić information content (AvgIpc) is 2.78. The molecule has 1 atom stereocenters. The molecule has 10 heteroatoms.